The molecule has 6 nitrogen and oxygen atoms in total. The van der Waals surface area contributed by atoms with Crippen LogP contribution in [0.1, 0.15) is 0 Å². The largest absolute Gasteiger partial charge is 0.316 e. The second-order valence-corrected chi connectivity index (χ2v) is 4.37. The summed E-state index contributed by atoms with van der Waals surface area (Å²) in [5, 5.41) is 5.03. The minimum atomic E-state index is -0.910. The number of carbonyl (C=O) groups excluding carboxylic acids is 2. The van der Waals surface area contributed by atoms with E-state index in [4.69, 9.17) is 23.2 Å². The van der Waals surface area contributed by atoms with Gasteiger partial charge in [0.05, 0.1) is 15.7 Å². The molecule has 0 aliphatic rings. The van der Waals surface area contributed by atoms with E-state index < -0.39 is 11.8 Å². The highest BCUT2D eigenvalue weighted by Crippen LogP contribution is 2.29. The van der Waals surface area contributed by atoms with Gasteiger partial charge in [-0.05, 0) is 18.2 Å². The van der Waals surface area contributed by atoms with Crippen molar-refractivity contribution in [2.24, 2.45) is 0 Å². The molecule has 0 saturated carbocycles. The lowest BCUT2D eigenvalue weighted by Crippen LogP contribution is -2.29. The molecule has 0 unspecified atom stereocenters. The molecule has 0 radical (unpaired) electrons. The Kier molecular flexibility index (Phi) is 4.49. The maximum atomic E-state index is 11.7. The summed E-state index contributed by atoms with van der Waals surface area (Å²) in [6, 6.07) is 6.28. The zero-order valence-electron chi connectivity index (χ0n) is 9.93. The van der Waals surface area contributed by atoms with Crippen LogP contribution >= 0.6 is 23.2 Å². The van der Waals surface area contributed by atoms with E-state index in [1.54, 1.807) is 18.2 Å². The van der Waals surface area contributed by atoms with E-state index in [0.717, 1.165) is 0 Å². The summed E-state index contributed by atoms with van der Waals surface area (Å²) < 4.78 is 0. The highest BCUT2D eigenvalue weighted by Gasteiger charge is 2.16. The molecule has 0 atom stereocenters. The van der Waals surface area contributed by atoms with Gasteiger partial charge >= 0.3 is 11.8 Å². The van der Waals surface area contributed by atoms with Crippen LogP contribution in [0.15, 0.2) is 36.7 Å². The summed E-state index contributed by atoms with van der Waals surface area (Å²) in [6.45, 7) is 0. The van der Waals surface area contributed by atoms with Gasteiger partial charge in [-0.1, -0.05) is 29.3 Å². The number of nitrogens with zero attached hydrogens (tertiary/aromatic N) is 2. The Balaban J connectivity index is 2.05. The molecule has 0 spiro atoms. The van der Waals surface area contributed by atoms with Crippen LogP contribution in [-0.2, 0) is 9.59 Å². The summed E-state index contributed by atoms with van der Waals surface area (Å²) in [7, 11) is 0. The number of amides is 2. The van der Waals surface area contributed by atoms with Gasteiger partial charge in [-0.25, -0.2) is 9.97 Å². The third-order valence-electron chi connectivity index (χ3n) is 2.20. The van der Waals surface area contributed by atoms with Gasteiger partial charge in [0.1, 0.15) is 0 Å². The van der Waals surface area contributed by atoms with E-state index in [-0.39, 0.29) is 21.7 Å². The normalized spacial score (nSPS) is 9.90. The fraction of sp³-hybridized carbons (Fsp3) is 0. The number of anilines is 2. The van der Waals surface area contributed by atoms with Gasteiger partial charge in [-0.2, -0.15) is 0 Å². The molecule has 102 valence electrons. The Morgan fingerprint density at radius 3 is 2.30 bits per heavy atom. The van der Waals surface area contributed by atoms with Crippen LogP contribution in [0.4, 0.5) is 11.6 Å². The molecule has 1 aromatic heterocycles. The number of hydrogen-bond donors (Lipinski definition) is 2. The van der Waals surface area contributed by atoms with Crippen LogP contribution < -0.4 is 10.6 Å². The average molecular weight is 311 g/mol. The van der Waals surface area contributed by atoms with Crippen molar-refractivity contribution in [3.63, 3.8) is 0 Å². The van der Waals surface area contributed by atoms with Crippen molar-refractivity contribution in [2.45, 2.75) is 0 Å². The molecule has 0 saturated heterocycles. The zero-order valence-corrected chi connectivity index (χ0v) is 11.4. The van der Waals surface area contributed by atoms with E-state index in [1.165, 1.54) is 18.5 Å². The first-order valence-electron chi connectivity index (χ1n) is 5.41. The highest BCUT2D eigenvalue weighted by molar-refractivity contribution is 6.47. The fourth-order valence-electron chi connectivity index (χ4n) is 1.30. The third kappa shape index (κ3) is 3.43. The van der Waals surface area contributed by atoms with Gasteiger partial charge in [0, 0.05) is 12.4 Å². The van der Waals surface area contributed by atoms with E-state index >= 15 is 0 Å². The van der Waals surface area contributed by atoms with Crippen LogP contribution in [0, 0.1) is 0 Å². The Morgan fingerprint density at radius 1 is 0.950 bits per heavy atom. The van der Waals surface area contributed by atoms with Crippen LogP contribution in [-0.4, -0.2) is 21.8 Å². The first-order chi connectivity index (χ1) is 9.58. The molecule has 0 fully saturated rings. The monoisotopic (exact) mass is 310 g/mol. The van der Waals surface area contributed by atoms with Crippen LogP contribution in [0.25, 0.3) is 0 Å². The SMILES string of the molecule is O=C(Nc1ncccn1)C(=O)Nc1cccc(Cl)c1Cl. The quantitative estimate of drug-likeness (QED) is 0.834. The molecule has 2 amide bonds. The predicted octanol–water partition coefficient (Wildman–Crippen LogP) is 2.36. The lowest BCUT2D eigenvalue weighted by atomic mass is 10.3. The van der Waals surface area contributed by atoms with E-state index in [1.807, 2.05) is 0 Å². The lowest BCUT2D eigenvalue weighted by Gasteiger charge is -2.07. The van der Waals surface area contributed by atoms with Gasteiger partial charge in [-0.15, -0.1) is 0 Å². The molecule has 8 heteroatoms. The standard InChI is InChI=1S/C12H8Cl2N4O2/c13-7-3-1-4-8(9(7)14)17-10(19)11(20)18-12-15-5-2-6-16-12/h1-6H,(H,17,19)(H,15,16,18,20). The minimum absolute atomic E-state index is 0.0323. The number of nitrogens with one attached hydrogen (secondary N) is 2. The van der Waals surface area contributed by atoms with Gasteiger partial charge in [0.2, 0.25) is 5.95 Å². The first kappa shape index (κ1) is 14.2. The van der Waals surface area contributed by atoms with Gasteiger partial charge in [0.15, 0.2) is 0 Å². The van der Waals surface area contributed by atoms with Crippen molar-refractivity contribution in [3.8, 4) is 0 Å². The lowest BCUT2D eigenvalue weighted by molar-refractivity contribution is -0.133. The van der Waals surface area contributed by atoms with Crippen molar-refractivity contribution < 1.29 is 9.59 Å². The Morgan fingerprint density at radius 2 is 1.60 bits per heavy atom. The van der Waals surface area contributed by atoms with Crippen molar-refractivity contribution in [1.82, 2.24) is 9.97 Å². The molecular weight excluding hydrogens is 303 g/mol. The predicted molar refractivity (Wildman–Crippen MR) is 75.8 cm³/mol. The maximum absolute atomic E-state index is 11.7. The maximum Gasteiger partial charge on any atom is 0.316 e. The van der Waals surface area contributed by atoms with Gasteiger partial charge in [-0.3, -0.25) is 14.9 Å². The molecule has 2 N–H and O–H groups in total. The smallest absolute Gasteiger partial charge is 0.316 e. The number of carbonyl (C=O) groups is 2. The summed E-state index contributed by atoms with van der Waals surface area (Å²) in [5.41, 5.74) is 0.244. The van der Waals surface area contributed by atoms with Crippen molar-refractivity contribution in [3.05, 3.63) is 46.7 Å². The summed E-state index contributed by atoms with van der Waals surface area (Å²) in [5.74, 6) is -1.78. The molecular formula is C12H8Cl2N4O2. The number of aromatic nitrogens is 2. The first-order valence-corrected chi connectivity index (χ1v) is 6.17. The third-order valence-corrected chi connectivity index (χ3v) is 3.02. The summed E-state index contributed by atoms with van der Waals surface area (Å²) in [4.78, 5) is 30.9. The van der Waals surface area contributed by atoms with E-state index in [9.17, 15) is 9.59 Å². The average Bonchev–Trinajstić information content (AvgIpc) is 2.45. The van der Waals surface area contributed by atoms with Crippen molar-refractivity contribution >= 4 is 46.7 Å². The van der Waals surface area contributed by atoms with Crippen LogP contribution in [0.2, 0.25) is 10.0 Å². The second-order valence-electron chi connectivity index (χ2n) is 3.58. The fourth-order valence-corrected chi connectivity index (χ4v) is 1.65. The molecule has 2 rings (SSSR count). The molecule has 20 heavy (non-hydrogen) atoms. The molecule has 0 bridgehead atoms. The molecule has 0 aliphatic carbocycles. The number of rotatable bonds is 2. The molecule has 1 aromatic carbocycles. The number of benzene rings is 1. The summed E-state index contributed by atoms with van der Waals surface area (Å²) >= 11 is 11.7. The molecule has 1 heterocycles. The van der Waals surface area contributed by atoms with Gasteiger partial charge < -0.3 is 5.32 Å². The van der Waals surface area contributed by atoms with Crippen molar-refractivity contribution in [1.29, 1.82) is 0 Å². The molecule has 0 aliphatic heterocycles. The van der Waals surface area contributed by atoms with Gasteiger partial charge in [0.25, 0.3) is 0 Å². The van der Waals surface area contributed by atoms with Crippen molar-refractivity contribution in [2.75, 3.05) is 10.6 Å². The Labute approximate surface area is 124 Å². The Bertz CT molecular complexity index is 649. The summed E-state index contributed by atoms with van der Waals surface area (Å²) in [6.07, 6.45) is 2.88. The van der Waals surface area contributed by atoms with E-state index in [2.05, 4.69) is 20.6 Å². The minimum Gasteiger partial charge on any atom is -0.316 e. The molecule has 2 aromatic rings. The van der Waals surface area contributed by atoms with Crippen LogP contribution in [0.3, 0.4) is 0 Å². The van der Waals surface area contributed by atoms with Crippen LogP contribution in [0.5, 0.6) is 0 Å². The topological polar surface area (TPSA) is 84.0 Å². The number of halogens is 2. The second kappa shape index (κ2) is 6.31. The Hall–Kier alpha value is -2.18. The highest BCUT2D eigenvalue weighted by atomic mass is 35.5. The zero-order chi connectivity index (χ0) is 14.5. The number of hydrogen-bond acceptors (Lipinski definition) is 4. The van der Waals surface area contributed by atoms with E-state index in [0.29, 0.717) is 0 Å².